The summed E-state index contributed by atoms with van der Waals surface area (Å²) in [6.45, 7) is 0.974. The number of halogens is 3. The summed E-state index contributed by atoms with van der Waals surface area (Å²) in [5.41, 5.74) is -0.899. The molecule has 27 heavy (non-hydrogen) atoms. The van der Waals surface area contributed by atoms with Gasteiger partial charge >= 0.3 is 6.18 Å². The molecule has 0 saturated carbocycles. The fraction of sp³-hybridized carbons (Fsp3) is 0.353. The molecule has 0 aliphatic carbocycles. The van der Waals surface area contributed by atoms with Gasteiger partial charge in [-0.15, -0.1) is 0 Å². The topological polar surface area (TPSA) is 78.5 Å². The van der Waals surface area contributed by atoms with Gasteiger partial charge in [0.2, 0.25) is 0 Å². The van der Waals surface area contributed by atoms with Crippen molar-refractivity contribution in [2.75, 3.05) is 33.3 Å². The highest BCUT2D eigenvalue weighted by Crippen LogP contribution is 2.28. The van der Waals surface area contributed by atoms with Gasteiger partial charge in [-0.2, -0.15) is 18.3 Å². The van der Waals surface area contributed by atoms with Gasteiger partial charge in [-0.3, -0.25) is 14.7 Å². The maximum absolute atomic E-state index is 12.6. The van der Waals surface area contributed by atoms with E-state index < -0.39 is 17.8 Å². The molecule has 7 nitrogen and oxygen atoms in total. The van der Waals surface area contributed by atoms with Crippen LogP contribution < -0.4 is 4.74 Å². The summed E-state index contributed by atoms with van der Waals surface area (Å²) < 4.78 is 42.9. The van der Waals surface area contributed by atoms with Crippen molar-refractivity contribution < 1.29 is 27.5 Å². The predicted octanol–water partition coefficient (Wildman–Crippen LogP) is 2.04. The van der Waals surface area contributed by atoms with Crippen LogP contribution >= 0.6 is 0 Å². The van der Waals surface area contributed by atoms with E-state index in [4.69, 9.17) is 4.74 Å². The summed E-state index contributed by atoms with van der Waals surface area (Å²) in [7, 11) is 1.51. The van der Waals surface area contributed by atoms with E-state index in [0.717, 1.165) is 0 Å². The number of hydrogen-bond acceptors (Lipinski definition) is 4. The molecular weight excluding hydrogens is 365 g/mol. The standard InChI is InChI=1S/C17H17F3N4O3/c1-27-12-4-2-3-11(9-12)15(25)23-5-7-24(8-6-23)16(26)13-10-14(22-21-13)17(18,19)20/h2-4,9-10H,5-8H2,1H3,(H,21,22). The first-order valence-electron chi connectivity index (χ1n) is 8.15. The van der Waals surface area contributed by atoms with Crippen LogP contribution in [0.1, 0.15) is 26.5 Å². The normalized spacial score (nSPS) is 15.0. The molecule has 1 aliphatic rings. The summed E-state index contributed by atoms with van der Waals surface area (Å²) in [6, 6.07) is 7.43. The van der Waals surface area contributed by atoms with E-state index >= 15 is 0 Å². The van der Waals surface area contributed by atoms with E-state index in [2.05, 4.69) is 5.10 Å². The van der Waals surface area contributed by atoms with Gasteiger partial charge in [-0.25, -0.2) is 0 Å². The molecule has 0 unspecified atom stereocenters. The highest BCUT2D eigenvalue weighted by atomic mass is 19.4. The van der Waals surface area contributed by atoms with E-state index in [1.54, 1.807) is 29.2 Å². The molecular formula is C17H17F3N4O3. The zero-order chi connectivity index (χ0) is 19.6. The number of H-pyrrole nitrogens is 1. The van der Waals surface area contributed by atoms with Gasteiger partial charge in [0, 0.05) is 37.8 Å². The molecule has 0 spiro atoms. The number of ether oxygens (including phenoxy) is 1. The molecule has 1 N–H and O–H groups in total. The van der Waals surface area contributed by atoms with E-state index in [-0.39, 0.29) is 37.8 Å². The number of methoxy groups -OCH3 is 1. The number of amides is 2. The van der Waals surface area contributed by atoms with Gasteiger partial charge in [0.15, 0.2) is 5.69 Å². The fourth-order valence-corrected chi connectivity index (χ4v) is 2.79. The Bertz CT molecular complexity index is 842. The van der Waals surface area contributed by atoms with Gasteiger partial charge in [-0.1, -0.05) is 6.07 Å². The highest BCUT2D eigenvalue weighted by molar-refractivity contribution is 5.95. The number of rotatable bonds is 3. The molecule has 1 aromatic carbocycles. The molecule has 0 bridgehead atoms. The van der Waals surface area contributed by atoms with Crippen molar-refractivity contribution in [2.24, 2.45) is 0 Å². The molecule has 0 radical (unpaired) electrons. The van der Waals surface area contributed by atoms with E-state index in [0.29, 0.717) is 17.4 Å². The van der Waals surface area contributed by atoms with Crippen LogP contribution in [0.4, 0.5) is 13.2 Å². The Morgan fingerprint density at radius 2 is 1.70 bits per heavy atom. The van der Waals surface area contributed by atoms with Gasteiger partial charge in [0.25, 0.3) is 11.8 Å². The largest absolute Gasteiger partial charge is 0.497 e. The minimum absolute atomic E-state index is 0.194. The third-order valence-corrected chi connectivity index (χ3v) is 4.27. The number of aromatic amines is 1. The lowest BCUT2D eigenvalue weighted by molar-refractivity contribution is -0.141. The summed E-state index contributed by atoms with van der Waals surface area (Å²) in [6.07, 6.45) is -4.59. The number of nitrogens with one attached hydrogen (secondary N) is 1. The molecule has 1 aromatic heterocycles. The molecule has 1 saturated heterocycles. The van der Waals surface area contributed by atoms with Crippen LogP contribution in [-0.2, 0) is 6.18 Å². The minimum atomic E-state index is -4.59. The van der Waals surface area contributed by atoms with E-state index in [1.165, 1.54) is 12.0 Å². The molecule has 2 aromatic rings. The number of piperazine rings is 1. The summed E-state index contributed by atoms with van der Waals surface area (Å²) in [5.74, 6) is -0.232. The highest BCUT2D eigenvalue weighted by Gasteiger charge is 2.35. The smallest absolute Gasteiger partial charge is 0.432 e. The zero-order valence-corrected chi connectivity index (χ0v) is 14.4. The molecule has 10 heteroatoms. The Morgan fingerprint density at radius 1 is 1.07 bits per heavy atom. The lowest BCUT2D eigenvalue weighted by Crippen LogP contribution is -2.50. The van der Waals surface area contributed by atoms with Crippen LogP contribution in [0.5, 0.6) is 5.75 Å². The first-order chi connectivity index (χ1) is 12.8. The van der Waals surface area contributed by atoms with Crippen molar-refractivity contribution >= 4 is 11.8 Å². The second kappa shape index (κ2) is 7.29. The number of carbonyl (C=O) groups excluding carboxylic acids is 2. The molecule has 1 aliphatic heterocycles. The Hall–Kier alpha value is -3.04. The van der Waals surface area contributed by atoms with Crippen LogP contribution in [0.25, 0.3) is 0 Å². The number of carbonyl (C=O) groups is 2. The van der Waals surface area contributed by atoms with Crippen molar-refractivity contribution in [1.29, 1.82) is 0 Å². The van der Waals surface area contributed by atoms with Crippen LogP contribution in [0.2, 0.25) is 0 Å². The number of benzene rings is 1. The lowest BCUT2D eigenvalue weighted by Gasteiger charge is -2.34. The average Bonchev–Trinajstić information content (AvgIpc) is 3.18. The third-order valence-electron chi connectivity index (χ3n) is 4.27. The average molecular weight is 382 g/mol. The van der Waals surface area contributed by atoms with Gasteiger partial charge in [0.05, 0.1) is 7.11 Å². The minimum Gasteiger partial charge on any atom is -0.497 e. The maximum atomic E-state index is 12.6. The molecule has 3 rings (SSSR count). The maximum Gasteiger partial charge on any atom is 0.432 e. The second-order valence-electron chi connectivity index (χ2n) is 5.98. The first-order valence-corrected chi connectivity index (χ1v) is 8.15. The van der Waals surface area contributed by atoms with Gasteiger partial charge in [-0.05, 0) is 18.2 Å². The van der Waals surface area contributed by atoms with Crippen molar-refractivity contribution in [3.8, 4) is 5.75 Å². The van der Waals surface area contributed by atoms with Crippen LogP contribution in [0, 0.1) is 0 Å². The van der Waals surface area contributed by atoms with E-state index in [1.807, 2.05) is 5.10 Å². The number of nitrogens with zero attached hydrogens (tertiary/aromatic N) is 3. The van der Waals surface area contributed by atoms with Gasteiger partial charge in [0.1, 0.15) is 11.4 Å². The first kappa shape index (κ1) is 18.7. The number of hydrogen-bond donors (Lipinski definition) is 1. The zero-order valence-electron chi connectivity index (χ0n) is 14.4. The Labute approximate surface area is 152 Å². The third kappa shape index (κ3) is 4.04. The number of alkyl halides is 3. The number of aromatic nitrogens is 2. The lowest BCUT2D eigenvalue weighted by atomic mass is 10.1. The van der Waals surface area contributed by atoms with E-state index in [9.17, 15) is 22.8 Å². The Kier molecular flexibility index (Phi) is 5.06. The molecule has 2 heterocycles. The Balaban J connectivity index is 1.62. The molecule has 2 amide bonds. The second-order valence-corrected chi connectivity index (χ2v) is 5.98. The quantitative estimate of drug-likeness (QED) is 0.881. The Morgan fingerprint density at radius 3 is 2.26 bits per heavy atom. The van der Waals surface area contributed by atoms with Crippen LogP contribution in [0.15, 0.2) is 30.3 Å². The fourth-order valence-electron chi connectivity index (χ4n) is 2.79. The molecule has 0 atom stereocenters. The monoisotopic (exact) mass is 382 g/mol. The molecule has 1 fully saturated rings. The SMILES string of the molecule is COc1cccc(C(=O)N2CCN(C(=O)c3cc(C(F)(F)F)[nH]n3)CC2)c1. The van der Waals surface area contributed by atoms with Crippen molar-refractivity contribution in [3.05, 3.63) is 47.3 Å². The van der Waals surface area contributed by atoms with Crippen molar-refractivity contribution in [2.45, 2.75) is 6.18 Å². The van der Waals surface area contributed by atoms with Gasteiger partial charge < -0.3 is 14.5 Å². The summed E-state index contributed by atoms with van der Waals surface area (Å²) in [5, 5.41) is 5.27. The van der Waals surface area contributed by atoms with Crippen molar-refractivity contribution in [3.63, 3.8) is 0 Å². The van der Waals surface area contributed by atoms with Crippen molar-refractivity contribution in [1.82, 2.24) is 20.0 Å². The summed E-state index contributed by atoms with van der Waals surface area (Å²) >= 11 is 0. The molecule has 144 valence electrons. The predicted molar refractivity (Wildman–Crippen MR) is 88.4 cm³/mol. The summed E-state index contributed by atoms with van der Waals surface area (Å²) in [4.78, 5) is 27.8. The van der Waals surface area contributed by atoms with Crippen LogP contribution in [-0.4, -0.2) is 65.1 Å². The van der Waals surface area contributed by atoms with Crippen LogP contribution in [0.3, 0.4) is 0 Å².